The number of carbonyl (C=O) groups is 7. The first kappa shape index (κ1) is 57.4. The highest BCUT2D eigenvalue weighted by Crippen LogP contribution is 2.37. The van der Waals surface area contributed by atoms with Crippen LogP contribution in [0.15, 0.2) is 60.8 Å². The van der Waals surface area contributed by atoms with Crippen LogP contribution in [-0.4, -0.2) is 151 Å². The predicted molar refractivity (Wildman–Crippen MR) is 278 cm³/mol. The van der Waals surface area contributed by atoms with Gasteiger partial charge >= 0.3 is 5.69 Å². The normalized spacial score (nSPS) is 27.1. The van der Waals surface area contributed by atoms with Crippen LogP contribution >= 0.6 is 0 Å². The molecule has 1 aromatic heterocycles. The van der Waals surface area contributed by atoms with Gasteiger partial charge in [-0.1, -0.05) is 71.0 Å². The third-order valence-corrected chi connectivity index (χ3v) is 14.7. The number of phenols is 1. The summed E-state index contributed by atoms with van der Waals surface area (Å²) in [7, 11) is 2.79. The highest BCUT2D eigenvalue weighted by Gasteiger charge is 2.48. The molecule has 6 rings (SSSR count). The van der Waals surface area contributed by atoms with Gasteiger partial charge in [-0.25, -0.2) is 0 Å². The van der Waals surface area contributed by atoms with Crippen molar-refractivity contribution in [3.05, 3.63) is 82.1 Å². The van der Waals surface area contributed by atoms with E-state index in [0.29, 0.717) is 12.2 Å². The fourth-order valence-corrected chi connectivity index (χ4v) is 10.2. The summed E-state index contributed by atoms with van der Waals surface area (Å²) in [5.41, 5.74) is 0.535. The van der Waals surface area contributed by atoms with Gasteiger partial charge in [-0.3, -0.25) is 43.7 Å². The number of amides is 7. The summed E-state index contributed by atoms with van der Waals surface area (Å²) < 4.78 is 7.84. The number of aliphatic hydroxyl groups excluding tert-OH is 1. The van der Waals surface area contributed by atoms with Gasteiger partial charge in [0.05, 0.1) is 17.1 Å². The van der Waals surface area contributed by atoms with Crippen LogP contribution in [0.1, 0.15) is 99.1 Å². The second-order valence-electron chi connectivity index (χ2n) is 21.8. The molecule has 10 atom stereocenters. The number of nitro groups is 1. The third-order valence-electron chi connectivity index (χ3n) is 14.7. The second kappa shape index (κ2) is 23.8. The molecule has 2 aromatic carbocycles. The maximum absolute atomic E-state index is 15.4. The third kappa shape index (κ3) is 13.0. The van der Waals surface area contributed by atoms with E-state index in [0.717, 1.165) is 32.8 Å². The molecule has 4 heterocycles. The van der Waals surface area contributed by atoms with E-state index in [1.807, 2.05) is 72.0 Å². The Morgan fingerprint density at radius 2 is 1.40 bits per heavy atom. The maximum Gasteiger partial charge on any atom is 0.310 e. The van der Waals surface area contributed by atoms with E-state index < -0.39 is 118 Å². The topological polar surface area (TPSA) is 278 Å². The summed E-state index contributed by atoms with van der Waals surface area (Å²) in [6.07, 6.45) is 3.36. The van der Waals surface area contributed by atoms with Crippen molar-refractivity contribution >= 4 is 57.9 Å². The largest absolute Gasteiger partial charge is 0.502 e. The number of hydrogen-bond donors (Lipinski definition) is 6. The number of nitro benzene ring substituents is 1. The second-order valence-corrected chi connectivity index (χ2v) is 21.8. The van der Waals surface area contributed by atoms with Crippen LogP contribution in [0.2, 0.25) is 0 Å². The summed E-state index contributed by atoms with van der Waals surface area (Å²) in [4.78, 5) is 118. The molecule has 3 aliphatic heterocycles. The molecule has 7 amide bonds. The quantitative estimate of drug-likeness (QED) is 0.0622. The van der Waals surface area contributed by atoms with Gasteiger partial charge < -0.3 is 55.5 Å². The average Bonchev–Trinajstić information content (AvgIpc) is 4.16. The Morgan fingerprint density at radius 1 is 0.800 bits per heavy atom. The van der Waals surface area contributed by atoms with Crippen LogP contribution < -0.4 is 21.3 Å². The van der Waals surface area contributed by atoms with Crippen molar-refractivity contribution in [1.29, 1.82) is 0 Å². The summed E-state index contributed by atoms with van der Waals surface area (Å²) in [6.45, 7) is 16.8. The number of aliphatic hydroxyl groups is 1. The first-order valence-corrected chi connectivity index (χ1v) is 25.8. The molecule has 0 aliphatic carbocycles. The van der Waals surface area contributed by atoms with Crippen LogP contribution in [0, 0.1) is 27.9 Å². The predicted octanol–water partition coefficient (Wildman–Crippen LogP) is 3.41. The number of aromatic hydroxyl groups is 1. The first-order valence-electron chi connectivity index (χ1n) is 25.8. The van der Waals surface area contributed by atoms with Crippen molar-refractivity contribution in [3.8, 4) is 5.75 Å². The Labute approximate surface area is 437 Å². The molecule has 0 spiro atoms. The van der Waals surface area contributed by atoms with Gasteiger partial charge in [0, 0.05) is 56.0 Å². The zero-order valence-electron chi connectivity index (χ0n) is 44.9. The minimum Gasteiger partial charge on any atom is -0.502 e. The number of allylic oxidation sites excluding steroid dienone is 1. The molecule has 6 N–H and O–H groups in total. The van der Waals surface area contributed by atoms with E-state index in [4.69, 9.17) is 4.74 Å². The van der Waals surface area contributed by atoms with Crippen molar-refractivity contribution in [1.82, 2.24) is 40.5 Å². The van der Waals surface area contributed by atoms with Crippen LogP contribution in [0.4, 0.5) is 5.69 Å². The summed E-state index contributed by atoms with van der Waals surface area (Å²) in [5.74, 6) is -7.06. The maximum atomic E-state index is 15.4. The number of epoxide rings is 1. The number of hydrogen-bond acceptors (Lipinski definition) is 12. The fourth-order valence-electron chi connectivity index (χ4n) is 10.2. The van der Waals surface area contributed by atoms with Gasteiger partial charge in [0.15, 0.2) is 5.75 Å². The molecular formula is C54H75N9O12. The minimum atomic E-state index is -1.53. The van der Waals surface area contributed by atoms with Gasteiger partial charge in [-0.15, -0.1) is 0 Å². The molecule has 3 aliphatic rings. The molecule has 21 heteroatoms. The molecule has 2 unspecified atom stereocenters. The Bertz CT molecular complexity index is 2680. The van der Waals surface area contributed by atoms with Crippen molar-refractivity contribution in [2.75, 3.05) is 20.7 Å². The number of carbonyl (C=O) groups excluding carboxylic acids is 7. The number of para-hydroxylation sites is 1. The number of benzene rings is 2. The number of rotatable bonds is 13. The lowest BCUT2D eigenvalue weighted by molar-refractivity contribution is -0.385. The monoisotopic (exact) mass is 1040 g/mol. The van der Waals surface area contributed by atoms with Crippen LogP contribution in [0.5, 0.6) is 5.75 Å². The van der Waals surface area contributed by atoms with E-state index in [9.17, 15) is 49.1 Å². The van der Waals surface area contributed by atoms with E-state index >= 15 is 4.79 Å². The summed E-state index contributed by atoms with van der Waals surface area (Å²) in [6, 6.07) is 1.75. The number of fused-ring (bicyclic) bond motifs is 3. The number of phenolic OH excluding ortho intramolecular Hbond substituents is 1. The molecular weight excluding hydrogens is 967 g/mol. The van der Waals surface area contributed by atoms with Crippen LogP contribution in [0.25, 0.3) is 10.9 Å². The highest BCUT2D eigenvalue weighted by molar-refractivity contribution is 5.99. The molecule has 2 bridgehead atoms. The van der Waals surface area contributed by atoms with Gasteiger partial charge in [0.2, 0.25) is 41.4 Å². The Kier molecular flexibility index (Phi) is 18.2. The molecule has 75 heavy (non-hydrogen) atoms. The zero-order chi connectivity index (χ0) is 55.4. The van der Waals surface area contributed by atoms with E-state index in [1.54, 1.807) is 26.0 Å². The smallest absolute Gasteiger partial charge is 0.310 e. The van der Waals surface area contributed by atoms with E-state index in [-0.39, 0.29) is 62.0 Å². The number of aromatic nitrogens is 1. The molecule has 0 saturated carbocycles. The van der Waals surface area contributed by atoms with Crippen molar-refractivity contribution in [2.24, 2.45) is 17.8 Å². The molecule has 3 saturated heterocycles. The number of piperidine rings is 1. The minimum absolute atomic E-state index is 0.00916. The highest BCUT2D eigenvalue weighted by atomic mass is 16.6. The van der Waals surface area contributed by atoms with Gasteiger partial charge in [0.25, 0.3) is 0 Å². The van der Waals surface area contributed by atoms with Gasteiger partial charge in [-0.2, -0.15) is 0 Å². The number of ether oxygens (including phenoxy) is 1. The fraction of sp³-hybridized carbons (Fsp3) is 0.574. The van der Waals surface area contributed by atoms with Gasteiger partial charge in [-0.05, 0) is 88.5 Å². The standard InChI is InChI=1S/C54H75N9O12/c1-12-13-17-36-46(65)58-38(26-34-27-61(54(8,9)45-28-75-45)39-18-15-14-16-35(34)39)52(71)59(10)41(21-29(2)3)48(67)57-37(24-33-19-20-44(64)40(25-33)63(73)74)47(66)55-32(7)51(70)60(11)43-23-31(6)50(69)62(53(43)72)42(22-30(4)5)49(68)56-36/h12-16,18-20,25,27,29-32,36-38,41-43,45,50,64,69H,17,21-24,26,28H2,1-11H3,(H,55,66)(H,56,68)(H,57,67)(H,58,65)/b13-12+/t31-,32+,36-,37+,38+,41-,42-,43-,45?,50?/m0/s1. The molecule has 3 fully saturated rings. The number of nitrogens with one attached hydrogen (secondary N) is 4. The Hall–Kier alpha value is -6.87. The van der Waals surface area contributed by atoms with Gasteiger partial charge in [0.1, 0.15) is 54.6 Å². The number of nitrogens with zero attached hydrogens (tertiary/aromatic N) is 5. The van der Waals surface area contributed by atoms with Crippen molar-refractivity contribution in [3.63, 3.8) is 0 Å². The number of likely N-dealkylation sites (N-methyl/N-ethyl adjacent to an activating group) is 2. The van der Waals surface area contributed by atoms with Crippen molar-refractivity contribution < 1.29 is 53.4 Å². The lowest BCUT2D eigenvalue weighted by Crippen LogP contribution is -2.66. The first-order chi connectivity index (χ1) is 35.3. The van der Waals surface area contributed by atoms with E-state index in [2.05, 4.69) is 25.8 Å². The zero-order valence-corrected chi connectivity index (χ0v) is 44.9. The molecule has 3 aromatic rings. The van der Waals surface area contributed by atoms with Crippen LogP contribution in [-0.2, 0) is 56.7 Å². The Balaban J connectivity index is 1.51. The average molecular weight is 1040 g/mol. The van der Waals surface area contributed by atoms with Crippen molar-refractivity contribution in [2.45, 2.75) is 161 Å². The summed E-state index contributed by atoms with van der Waals surface area (Å²) in [5, 5.41) is 45.9. The molecule has 0 radical (unpaired) electrons. The lowest BCUT2D eigenvalue weighted by Gasteiger charge is -2.46. The SMILES string of the molecule is C/C=C/C[C@@H]1NC(=O)[C@H](CC(C)C)N2C(=O)[C@H](C[C@H](C)C2O)N(C)C(=O)[C@@H](C)NC(=O)[C@@H](Cc2ccc(O)c([N+](=O)[O-])c2)NC(=O)[C@H](CC(C)C)N(C)C(=O)[C@@H](Cc2cn(C(C)(C)C3CO3)c3ccccc23)NC1=O. The lowest BCUT2D eigenvalue weighted by atomic mass is 9.89. The van der Waals surface area contributed by atoms with E-state index in [1.165, 1.54) is 32.0 Å². The Morgan fingerprint density at radius 3 is 2.03 bits per heavy atom. The van der Waals surface area contributed by atoms with Crippen LogP contribution in [0.3, 0.4) is 0 Å². The summed E-state index contributed by atoms with van der Waals surface area (Å²) >= 11 is 0. The molecule has 408 valence electrons. The molecule has 21 nitrogen and oxygen atoms in total.